The van der Waals surface area contributed by atoms with Gasteiger partial charge in [-0.25, -0.2) is 19.9 Å². The Morgan fingerprint density at radius 2 is 1.70 bits per heavy atom. The summed E-state index contributed by atoms with van der Waals surface area (Å²) in [4.78, 5) is 20.8. The minimum atomic E-state index is 0.378. The Balaban J connectivity index is 1.72. The molecular formula is C13H13N7. The quantitative estimate of drug-likeness (QED) is 0.782. The molecule has 3 heterocycles. The molecule has 100 valence electrons. The molecule has 1 fully saturated rings. The van der Waals surface area contributed by atoms with E-state index in [0.29, 0.717) is 11.5 Å². The first-order valence-corrected chi connectivity index (χ1v) is 6.35. The van der Waals surface area contributed by atoms with E-state index in [0.717, 1.165) is 32.0 Å². The van der Waals surface area contributed by atoms with Gasteiger partial charge in [0, 0.05) is 44.8 Å². The van der Waals surface area contributed by atoms with Crippen LogP contribution in [-0.2, 0) is 0 Å². The minimum Gasteiger partial charge on any atom is -0.353 e. The van der Waals surface area contributed by atoms with Crippen molar-refractivity contribution in [3.63, 3.8) is 0 Å². The van der Waals surface area contributed by atoms with E-state index < -0.39 is 0 Å². The molecule has 0 bridgehead atoms. The maximum absolute atomic E-state index is 9.07. The van der Waals surface area contributed by atoms with Gasteiger partial charge in [-0.15, -0.1) is 0 Å². The lowest BCUT2D eigenvalue weighted by molar-refractivity contribution is 0.639. The Hall–Kier alpha value is -2.75. The Morgan fingerprint density at radius 3 is 2.40 bits per heavy atom. The molecule has 0 atom stereocenters. The van der Waals surface area contributed by atoms with Crippen LogP contribution in [0.15, 0.2) is 31.0 Å². The molecular weight excluding hydrogens is 254 g/mol. The minimum absolute atomic E-state index is 0.378. The van der Waals surface area contributed by atoms with Crippen LogP contribution in [0.25, 0.3) is 0 Å². The number of hydrogen-bond acceptors (Lipinski definition) is 7. The van der Waals surface area contributed by atoms with Gasteiger partial charge < -0.3 is 9.80 Å². The molecule has 1 saturated heterocycles. The average molecular weight is 267 g/mol. The van der Waals surface area contributed by atoms with Crippen LogP contribution in [0.5, 0.6) is 0 Å². The first-order valence-electron chi connectivity index (χ1n) is 6.35. The Labute approximate surface area is 116 Å². The zero-order valence-corrected chi connectivity index (χ0v) is 10.8. The van der Waals surface area contributed by atoms with Crippen LogP contribution < -0.4 is 9.80 Å². The van der Waals surface area contributed by atoms with Crippen molar-refractivity contribution < 1.29 is 0 Å². The van der Waals surface area contributed by atoms with Crippen LogP contribution in [-0.4, -0.2) is 46.1 Å². The Bertz CT molecular complexity index is 614. The van der Waals surface area contributed by atoms with E-state index in [1.54, 1.807) is 24.9 Å². The van der Waals surface area contributed by atoms with Crippen LogP contribution in [0.2, 0.25) is 0 Å². The molecule has 7 heteroatoms. The number of rotatable bonds is 2. The molecule has 20 heavy (non-hydrogen) atoms. The fraction of sp³-hybridized carbons (Fsp3) is 0.308. The summed E-state index contributed by atoms with van der Waals surface area (Å²) < 4.78 is 0. The van der Waals surface area contributed by atoms with Gasteiger partial charge in [-0.1, -0.05) is 0 Å². The second-order valence-electron chi connectivity index (χ2n) is 4.38. The topological polar surface area (TPSA) is 81.8 Å². The van der Waals surface area contributed by atoms with E-state index >= 15 is 0 Å². The van der Waals surface area contributed by atoms with E-state index in [4.69, 9.17) is 5.26 Å². The molecule has 0 saturated carbocycles. The summed E-state index contributed by atoms with van der Waals surface area (Å²) in [5.41, 5.74) is 0.378. The van der Waals surface area contributed by atoms with Gasteiger partial charge in [0.2, 0.25) is 0 Å². The molecule has 0 N–H and O–H groups in total. The van der Waals surface area contributed by atoms with Gasteiger partial charge in [0.05, 0.1) is 0 Å². The summed E-state index contributed by atoms with van der Waals surface area (Å²) in [6.45, 7) is 3.24. The Morgan fingerprint density at radius 1 is 0.950 bits per heavy atom. The third kappa shape index (κ3) is 2.36. The van der Waals surface area contributed by atoms with Crippen molar-refractivity contribution in [1.82, 2.24) is 19.9 Å². The zero-order valence-electron chi connectivity index (χ0n) is 10.8. The van der Waals surface area contributed by atoms with Gasteiger partial charge >= 0.3 is 0 Å². The average Bonchev–Trinajstić information content (AvgIpc) is 2.56. The smallest absolute Gasteiger partial charge is 0.183 e. The summed E-state index contributed by atoms with van der Waals surface area (Å²) in [5.74, 6) is 1.59. The molecule has 0 spiro atoms. The van der Waals surface area contributed by atoms with Crippen LogP contribution in [0.4, 0.5) is 11.6 Å². The molecule has 0 unspecified atom stereocenters. The monoisotopic (exact) mass is 267 g/mol. The molecule has 2 aromatic rings. The SMILES string of the molecule is N#Cc1nccnc1N1CCN(c2ccncn2)CC1. The highest BCUT2D eigenvalue weighted by Gasteiger charge is 2.21. The van der Waals surface area contributed by atoms with Crippen molar-refractivity contribution in [3.05, 3.63) is 36.7 Å². The lowest BCUT2D eigenvalue weighted by atomic mass is 10.3. The molecule has 7 nitrogen and oxygen atoms in total. The number of nitrogens with zero attached hydrogens (tertiary/aromatic N) is 7. The number of nitriles is 1. The van der Waals surface area contributed by atoms with Gasteiger partial charge in [0.1, 0.15) is 18.2 Å². The van der Waals surface area contributed by atoms with Crippen LogP contribution in [0, 0.1) is 11.3 Å². The van der Waals surface area contributed by atoms with E-state index in [1.807, 2.05) is 6.07 Å². The largest absolute Gasteiger partial charge is 0.353 e. The maximum atomic E-state index is 9.07. The maximum Gasteiger partial charge on any atom is 0.183 e. The van der Waals surface area contributed by atoms with Crippen molar-refractivity contribution in [2.45, 2.75) is 0 Å². The predicted molar refractivity (Wildman–Crippen MR) is 73.2 cm³/mol. The number of anilines is 2. The second-order valence-corrected chi connectivity index (χ2v) is 4.38. The summed E-state index contributed by atoms with van der Waals surface area (Å²) in [5, 5.41) is 9.07. The molecule has 2 aromatic heterocycles. The van der Waals surface area contributed by atoms with Gasteiger partial charge in [0.25, 0.3) is 0 Å². The summed E-state index contributed by atoms with van der Waals surface area (Å²) >= 11 is 0. The van der Waals surface area contributed by atoms with Crippen molar-refractivity contribution >= 4 is 11.6 Å². The fourth-order valence-corrected chi connectivity index (χ4v) is 2.26. The highest BCUT2D eigenvalue weighted by atomic mass is 15.3. The van der Waals surface area contributed by atoms with E-state index in [1.165, 1.54) is 0 Å². The summed E-state index contributed by atoms with van der Waals surface area (Å²) in [6, 6.07) is 3.99. The van der Waals surface area contributed by atoms with Gasteiger partial charge in [-0.2, -0.15) is 5.26 Å². The molecule has 0 aliphatic carbocycles. The number of piperazine rings is 1. The van der Waals surface area contributed by atoms with Crippen LogP contribution in [0.1, 0.15) is 5.69 Å². The molecule has 3 rings (SSSR count). The van der Waals surface area contributed by atoms with E-state index in [-0.39, 0.29) is 0 Å². The van der Waals surface area contributed by atoms with E-state index in [2.05, 4.69) is 35.8 Å². The van der Waals surface area contributed by atoms with Crippen molar-refractivity contribution in [2.75, 3.05) is 36.0 Å². The lowest BCUT2D eigenvalue weighted by Gasteiger charge is -2.35. The first kappa shape index (κ1) is 12.3. The third-order valence-electron chi connectivity index (χ3n) is 3.25. The van der Waals surface area contributed by atoms with E-state index in [9.17, 15) is 0 Å². The van der Waals surface area contributed by atoms with Crippen molar-refractivity contribution in [3.8, 4) is 6.07 Å². The van der Waals surface area contributed by atoms with Gasteiger partial charge in [-0.3, -0.25) is 0 Å². The molecule has 0 amide bonds. The molecule has 0 radical (unpaired) electrons. The highest BCUT2D eigenvalue weighted by molar-refractivity contribution is 5.51. The van der Waals surface area contributed by atoms with Crippen LogP contribution >= 0.6 is 0 Å². The van der Waals surface area contributed by atoms with Gasteiger partial charge in [0.15, 0.2) is 11.5 Å². The molecule has 1 aliphatic heterocycles. The first-order chi connectivity index (χ1) is 9.88. The number of aromatic nitrogens is 4. The van der Waals surface area contributed by atoms with Gasteiger partial charge in [-0.05, 0) is 6.07 Å². The zero-order chi connectivity index (χ0) is 13.8. The third-order valence-corrected chi connectivity index (χ3v) is 3.25. The molecule has 0 aromatic carbocycles. The van der Waals surface area contributed by atoms with Crippen molar-refractivity contribution in [2.24, 2.45) is 0 Å². The number of hydrogen-bond donors (Lipinski definition) is 0. The van der Waals surface area contributed by atoms with Crippen molar-refractivity contribution in [1.29, 1.82) is 5.26 Å². The Kier molecular flexibility index (Phi) is 3.37. The van der Waals surface area contributed by atoms with Crippen LogP contribution in [0.3, 0.4) is 0 Å². The summed E-state index contributed by atoms with van der Waals surface area (Å²) in [7, 11) is 0. The summed E-state index contributed by atoms with van der Waals surface area (Å²) in [6.07, 6.45) is 6.45. The predicted octanol–water partition coefficient (Wildman–Crippen LogP) is 0.465. The normalized spacial score (nSPS) is 14.9. The fourth-order valence-electron chi connectivity index (χ4n) is 2.26. The molecule has 1 aliphatic rings. The highest BCUT2D eigenvalue weighted by Crippen LogP contribution is 2.18. The second kappa shape index (κ2) is 5.48. The standard InChI is InChI=1S/C13H13N7/c14-9-11-13(17-4-3-16-11)20-7-5-19(6-8-20)12-1-2-15-10-18-12/h1-4,10H,5-8H2. The lowest BCUT2D eigenvalue weighted by Crippen LogP contribution is -2.47.